The van der Waals surface area contributed by atoms with Gasteiger partial charge < -0.3 is 10.2 Å². The Balaban J connectivity index is 1.59. The second-order valence-corrected chi connectivity index (χ2v) is 7.64. The summed E-state index contributed by atoms with van der Waals surface area (Å²) in [6.45, 7) is 2.13. The van der Waals surface area contributed by atoms with Crippen LogP contribution in [0.15, 0.2) is 53.4 Å². The second-order valence-electron chi connectivity index (χ2n) is 6.18. The summed E-state index contributed by atoms with van der Waals surface area (Å²) in [5.41, 5.74) is 1.58. The number of hydrogen-bond donors (Lipinski definition) is 1. The molecule has 0 saturated carbocycles. The van der Waals surface area contributed by atoms with Crippen LogP contribution in [0, 0.1) is 0 Å². The van der Waals surface area contributed by atoms with Crippen LogP contribution in [0.2, 0.25) is 5.02 Å². The lowest BCUT2D eigenvalue weighted by molar-refractivity contribution is -0.127. The summed E-state index contributed by atoms with van der Waals surface area (Å²) < 4.78 is 0. The average molecular weight is 389 g/mol. The zero-order valence-electron chi connectivity index (χ0n) is 14.4. The quantitative estimate of drug-likeness (QED) is 0.761. The first-order valence-corrected chi connectivity index (χ1v) is 10.0. The molecule has 1 aliphatic heterocycles. The van der Waals surface area contributed by atoms with Crippen LogP contribution in [-0.2, 0) is 11.3 Å². The van der Waals surface area contributed by atoms with Gasteiger partial charge in [-0.05, 0) is 42.7 Å². The highest BCUT2D eigenvalue weighted by Crippen LogP contribution is 2.24. The van der Waals surface area contributed by atoms with Crippen LogP contribution in [0.5, 0.6) is 0 Å². The Morgan fingerprint density at radius 3 is 2.46 bits per heavy atom. The summed E-state index contributed by atoms with van der Waals surface area (Å²) >= 11 is 7.30. The molecule has 0 bridgehead atoms. The average Bonchev–Trinajstić information content (AvgIpc) is 3.20. The van der Waals surface area contributed by atoms with Gasteiger partial charge in [-0.25, -0.2) is 0 Å². The maximum atomic E-state index is 12.6. The fourth-order valence-corrected chi connectivity index (χ4v) is 3.94. The summed E-state index contributed by atoms with van der Waals surface area (Å²) in [7, 11) is 0. The molecular weight excluding hydrogens is 368 g/mol. The molecule has 2 aromatic rings. The fourth-order valence-electron chi connectivity index (χ4n) is 2.86. The zero-order chi connectivity index (χ0) is 18.4. The maximum Gasteiger partial charge on any atom is 0.252 e. The van der Waals surface area contributed by atoms with E-state index < -0.39 is 0 Å². The standard InChI is InChI=1S/C20H21ClN2O2S/c21-16-9-7-15(8-10-16)13-22-20(25)17-5-1-2-6-18(17)26-14-19(24)23-11-3-4-12-23/h1-2,5-10H,3-4,11-14H2,(H,22,25). The predicted molar refractivity (Wildman–Crippen MR) is 106 cm³/mol. The number of carbonyl (C=O) groups is 2. The molecule has 1 N–H and O–H groups in total. The van der Waals surface area contributed by atoms with Gasteiger partial charge >= 0.3 is 0 Å². The molecule has 136 valence electrons. The van der Waals surface area contributed by atoms with Gasteiger partial charge in [0.1, 0.15) is 0 Å². The molecular formula is C20H21ClN2O2S. The summed E-state index contributed by atoms with van der Waals surface area (Å²) in [6, 6.07) is 14.8. The Morgan fingerprint density at radius 2 is 1.73 bits per heavy atom. The van der Waals surface area contributed by atoms with Crippen LogP contribution in [0.25, 0.3) is 0 Å². The highest BCUT2D eigenvalue weighted by atomic mass is 35.5. The van der Waals surface area contributed by atoms with Crippen molar-refractivity contribution in [3.8, 4) is 0 Å². The highest BCUT2D eigenvalue weighted by molar-refractivity contribution is 8.00. The molecule has 0 atom stereocenters. The number of nitrogens with zero attached hydrogens (tertiary/aromatic N) is 1. The number of hydrogen-bond acceptors (Lipinski definition) is 3. The number of carbonyl (C=O) groups excluding carboxylic acids is 2. The number of thioether (sulfide) groups is 1. The van der Waals surface area contributed by atoms with Gasteiger partial charge in [-0.2, -0.15) is 0 Å². The lowest BCUT2D eigenvalue weighted by Crippen LogP contribution is -2.29. The van der Waals surface area contributed by atoms with Crippen molar-refractivity contribution in [2.75, 3.05) is 18.8 Å². The van der Waals surface area contributed by atoms with Crippen molar-refractivity contribution < 1.29 is 9.59 Å². The molecule has 2 amide bonds. The van der Waals surface area contributed by atoms with Gasteiger partial charge in [-0.15, -0.1) is 11.8 Å². The molecule has 3 rings (SSSR count). The summed E-state index contributed by atoms with van der Waals surface area (Å²) in [4.78, 5) is 27.5. The van der Waals surface area contributed by atoms with Crippen molar-refractivity contribution in [3.05, 3.63) is 64.7 Å². The van der Waals surface area contributed by atoms with E-state index in [0.29, 0.717) is 22.9 Å². The number of nitrogens with one attached hydrogen (secondary N) is 1. The molecule has 0 radical (unpaired) electrons. The smallest absolute Gasteiger partial charge is 0.252 e. The largest absolute Gasteiger partial charge is 0.348 e. The van der Waals surface area contributed by atoms with Gasteiger partial charge in [0.05, 0.1) is 11.3 Å². The molecule has 1 saturated heterocycles. The SMILES string of the molecule is O=C(NCc1ccc(Cl)cc1)c1ccccc1SCC(=O)N1CCCC1. The number of rotatable bonds is 6. The third-order valence-corrected chi connectivity index (χ3v) is 5.62. The molecule has 0 aliphatic carbocycles. The summed E-state index contributed by atoms with van der Waals surface area (Å²) in [5.74, 6) is 0.363. The minimum absolute atomic E-state index is 0.142. The number of amides is 2. The van der Waals surface area contributed by atoms with Crippen LogP contribution in [0.4, 0.5) is 0 Å². The van der Waals surface area contributed by atoms with E-state index in [4.69, 9.17) is 11.6 Å². The number of likely N-dealkylation sites (tertiary alicyclic amines) is 1. The molecule has 26 heavy (non-hydrogen) atoms. The summed E-state index contributed by atoms with van der Waals surface area (Å²) in [6.07, 6.45) is 2.17. The molecule has 0 spiro atoms. The molecule has 0 aromatic heterocycles. The number of halogens is 1. The monoisotopic (exact) mass is 388 g/mol. The first kappa shape index (κ1) is 18.8. The van der Waals surface area contributed by atoms with Crippen molar-refractivity contribution in [3.63, 3.8) is 0 Å². The normalized spacial score (nSPS) is 13.7. The molecule has 1 fully saturated rings. The van der Waals surface area contributed by atoms with Gasteiger partial charge in [0.2, 0.25) is 5.91 Å². The van der Waals surface area contributed by atoms with Crippen molar-refractivity contribution in [2.24, 2.45) is 0 Å². The van der Waals surface area contributed by atoms with Gasteiger partial charge in [0, 0.05) is 29.6 Å². The maximum absolute atomic E-state index is 12.6. The minimum Gasteiger partial charge on any atom is -0.348 e. The van der Waals surface area contributed by atoms with E-state index in [-0.39, 0.29) is 11.8 Å². The van der Waals surface area contributed by atoms with Gasteiger partial charge in [0.25, 0.3) is 5.91 Å². The first-order chi connectivity index (χ1) is 12.6. The van der Waals surface area contributed by atoms with Gasteiger partial charge in [0.15, 0.2) is 0 Å². The van der Waals surface area contributed by atoms with E-state index >= 15 is 0 Å². The zero-order valence-corrected chi connectivity index (χ0v) is 16.0. The molecule has 0 unspecified atom stereocenters. The lowest BCUT2D eigenvalue weighted by atomic mass is 10.2. The second kappa shape index (κ2) is 9.10. The topological polar surface area (TPSA) is 49.4 Å². The molecule has 1 heterocycles. The van der Waals surface area contributed by atoms with Gasteiger partial charge in [-0.1, -0.05) is 35.9 Å². The van der Waals surface area contributed by atoms with E-state index in [9.17, 15) is 9.59 Å². The third kappa shape index (κ3) is 5.02. The van der Waals surface area contributed by atoms with E-state index in [1.54, 1.807) is 18.2 Å². The lowest BCUT2D eigenvalue weighted by Gasteiger charge is -2.15. The Labute approximate surface area is 162 Å². The van der Waals surface area contributed by atoms with Crippen LogP contribution < -0.4 is 5.32 Å². The van der Waals surface area contributed by atoms with Crippen molar-refractivity contribution in [2.45, 2.75) is 24.3 Å². The third-order valence-electron chi connectivity index (χ3n) is 4.31. The fraction of sp³-hybridized carbons (Fsp3) is 0.300. The Bertz CT molecular complexity index is 774. The molecule has 4 nitrogen and oxygen atoms in total. The Kier molecular flexibility index (Phi) is 6.58. The molecule has 6 heteroatoms. The van der Waals surface area contributed by atoms with E-state index in [1.807, 2.05) is 35.2 Å². The summed E-state index contributed by atoms with van der Waals surface area (Å²) in [5, 5.41) is 3.60. The highest BCUT2D eigenvalue weighted by Gasteiger charge is 2.19. The van der Waals surface area contributed by atoms with Gasteiger partial charge in [-0.3, -0.25) is 9.59 Å². The van der Waals surface area contributed by atoms with Crippen LogP contribution in [0.3, 0.4) is 0 Å². The van der Waals surface area contributed by atoms with Crippen LogP contribution in [-0.4, -0.2) is 35.6 Å². The predicted octanol–water partition coefficient (Wildman–Crippen LogP) is 3.98. The molecule has 1 aliphatic rings. The van der Waals surface area contributed by atoms with Crippen LogP contribution >= 0.6 is 23.4 Å². The van der Waals surface area contributed by atoms with E-state index in [2.05, 4.69) is 5.32 Å². The number of benzene rings is 2. The van der Waals surface area contributed by atoms with Crippen LogP contribution in [0.1, 0.15) is 28.8 Å². The van der Waals surface area contributed by atoms with Crippen molar-refractivity contribution in [1.82, 2.24) is 10.2 Å². The minimum atomic E-state index is -0.142. The Morgan fingerprint density at radius 1 is 1.04 bits per heavy atom. The Hall–Kier alpha value is -1.98. The first-order valence-electron chi connectivity index (χ1n) is 8.66. The van der Waals surface area contributed by atoms with E-state index in [0.717, 1.165) is 36.4 Å². The van der Waals surface area contributed by atoms with E-state index in [1.165, 1.54) is 11.8 Å². The van der Waals surface area contributed by atoms with Crippen molar-refractivity contribution in [1.29, 1.82) is 0 Å². The molecule has 2 aromatic carbocycles. The van der Waals surface area contributed by atoms with Crippen molar-refractivity contribution >= 4 is 35.2 Å².